The second kappa shape index (κ2) is 8.42. The number of carbonyl (C=O) groups is 1. The van der Waals surface area contributed by atoms with Crippen LogP contribution in [0.4, 0.5) is 18.0 Å². The van der Waals surface area contributed by atoms with E-state index in [1.807, 2.05) is 0 Å². The summed E-state index contributed by atoms with van der Waals surface area (Å²) in [7, 11) is 0. The van der Waals surface area contributed by atoms with Gasteiger partial charge in [-0.15, -0.1) is 0 Å². The molecule has 1 atom stereocenters. The first kappa shape index (κ1) is 19.4. The maximum absolute atomic E-state index is 12.1. The van der Waals surface area contributed by atoms with Gasteiger partial charge in [0, 0.05) is 6.04 Å². The van der Waals surface area contributed by atoms with Crippen LogP contribution in [0, 0.1) is 0 Å². The van der Waals surface area contributed by atoms with Crippen LogP contribution in [-0.4, -0.2) is 36.1 Å². The summed E-state index contributed by atoms with van der Waals surface area (Å²) in [6.45, 7) is 0.453. The van der Waals surface area contributed by atoms with Crippen LogP contribution >= 0.6 is 0 Å². The summed E-state index contributed by atoms with van der Waals surface area (Å²) in [5.41, 5.74) is 0.758. The summed E-state index contributed by atoms with van der Waals surface area (Å²) in [6, 6.07) is 5.58. The second-order valence-electron chi connectivity index (χ2n) is 6.32. The van der Waals surface area contributed by atoms with E-state index < -0.39 is 12.8 Å². The Morgan fingerprint density at radius 1 is 1.24 bits per heavy atom. The van der Waals surface area contributed by atoms with E-state index in [0.29, 0.717) is 12.8 Å². The molecule has 2 rings (SSSR count). The Morgan fingerprint density at radius 3 is 2.40 bits per heavy atom. The van der Waals surface area contributed by atoms with Gasteiger partial charge in [-0.25, -0.2) is 4.79 Å². The summed E-state index contributed by atoms with van der Waals surface area (Å²) in [5, 5.41) is 15.1. The molecule has 3 N–H and O–H groups in total. The molecule has 1 saturated carbocycles. The van der Waals surface area contributed by atoms with Crippen molar-refractivity contribution >= 4 is 6.03 Å². The second-order valence-corrected chi connectivity index (χ2v) is 6.32. The summed E-state index contributed by atoms with van der Waals surface area (Å²) in [5.74, 6) is 0.124. The number of nitrogens with one attached hydrogen (secondary N) is 2. The fraction of sp³-hybridized carbons (Fsp3) is 0.588. The van der Waals surface area contributed by atoms with E-state index in [2.05, 4.69) is 15.4 Å². The number of halogens is 3. The van der Waals surface area contributed by atoms with Crippen molar-refractivity contribution < 1.29 is 27.8 Å². The molecular weight excluding hydrogens is 337 g/mol. The van der Waals surface area contributed by atoms with Crippen LogP contribution in [0.1, 0.15) is 44.2 Å². The average molecular weight is 360 g/mol. The Morgan fingerprint density at radius 2 is 1.84 bits per heavy atom. The molecule has 0 radical (unpaired) electrons. The lowest BCUT2D eigenvalue weighted by Crippen LogP contribution is -2.44. The molecule has 0 aromatic heterocycles. The van der Waals surface area contributed by atoms with Crippen molar-refractivity contribution in [2.24, 2.45) is 0 Å². The zero-order valence-electron chi connectivity index (χ0n) is 14.0. The van der Waals surface area contributed by atoms with Crippen molar-refractivity contribution in [3.63, 3.8) is 0 Å². The van der Waals surface area contributed by atoms with E-state index in [4.69, 9.17) is 0 Å². The zero-order chi connectivity index (χ0) is 18.4. The molecule has 2 amide bonds. The van der Waals surface area contributed by atoms with Crippen LogP contribution in [-0.2, 0) is 0 Å². The lowest BCUT2D eigenvalue weighted by Gasteiger charge is -2.27. The molecule has 0 heterocycles. The molecule has 1 aliphatic carbocycles. The molecule has 140 valence electrons. The lowest BCUT2D eigenvalue weighted by atomic mass is 9.93. The average Bonchev–Trinajstić information content (AvgIpc) is 2.55. The number of ether oxygens (including phenoxy) is 1. The SMILES string of the molecule is C[C@@H](NC(=O)NC1CCC(O)CC1)c1ccc(OCC(F)(F)F)cc1. The van der Waals surface area contributed by atoms with Gasteiger partial charge in [-0.3, -0.25) is 0 Å². The van der Waals surface area contributed by atoms with Crippen LogP contribution in [0.3, 0.4) is 0 Å². The molecule has 1 aromatic carbocycles. The molecule has 8 heteroatoms. The van der Waals surface area contributed by atoms with Crippen LogP contribution in [0.5, 0.6) is 5.75 Å². The highest BCUT2D eigenvalue weighted by molar-refractivity contribution is 5.74. The van der Waals surface area contributed by atoms with Crippen LogP contribution in [0.2, 0.25) is 0 Å². The molecule has 0 saturated heterocycles. The number of carbonyl (C=O) groups excluding carboxylic acids is 1. The number of amides is 2. The highest BCUT2D eigenvalue weighted by atomic mass is 19.4. The molecule has 25 heavy (non-hydrogen) atoms. The highest BCUT2D eigenvalue weighted by Crippen LogP contribution is 2.21. The predicted octanol–water partition coefficient (Wildman–Crippen LogP) is 3.29. The molecule has 1 aliphatic rings. The number of aliphatic hydroxyl groups is 1. The number of benzene rings is 1. The van der Waals surface area contributed by atoms with Crippen LogP contribution in [0.15, 0.2) is 24.3 Å². The number of rotatable bonds is 5. The minimum atomic E-state index is -4.37. The predicted molar refractivity (Wildman–Crippen MR) is 86.3 cm³/mol. The third-order valence-corrected chi connectivity index (χ3v) is 4.16. The van der Waals surface area contributed by atoms with Gasteiger partial charge in [0.2, 0.25) is 0 Å². The molecule has 1 aromatic rings. The third kappa shape index (κ3) is 6.81. The van der Waals surface area contributed by atoms with E-state index in [0.717, 1.165) is 18.4 Å². The zero-order valence-corrected chi connectivity index (χ0v) is 14.0. The van der Waals surface area contributed by atoms with Crippen molar-refractivity contribution in [1.29, 1.82) is 0 Å². The number of urea groups is 1. The first-order valence-corrected chi connectivity index (χ1v) is 8.27. The summed E-state index contributed by atoms with van der Waals surface area (Å²) < 4.78 is 41.0. The Kier molecular flexibility index (Phi) is 6.52. The lowest BCUT2D eigenvalue weighted by molar-refractivity contribution is -0.153. The first-order valence-electron chi connectivity index (χ1n) is 8.27. The van der Waals surface area contributed by atoms with Crippen molar-refractivity contribution in [2.75, 3.05) is 6.61 Å². The number of hydrogen-bond donors (Lipinski definition) is 3. The van der Waals surface area contributed by atoms with Gasteiger partial charge in [-0.2, -0.15) is 13.2 Å². The normalized spacial score (nSPS) is 22.1. The quantitative estimate of drug-likeness (QED) is 0.755. The minimum Gasteiger partial charge on any atom is -0.484 e. The van der Waals surface area contributed by atoms with E-state index in [9.17, 15) is 23.1 Å². The minimum absolute atomic E-state index is 0.0498. The van der Waals surface area contributed by atoms with Crippen molar-refractivity contribution in [3.8, 4) is 5.75 Å². The highest BCUT2D eigenvalue weighted by Gasteiger charge is 2.28. The van der Waals surface area contributed by atoms with Crippen molar-refractivity contribution in [3.05, 3.63) is 29.8 Å². The Bertz CT molecular complexity index is 555. The summed E-state index contributed by atoms with van der Waals surface area (Å²) in [6.07, 6.45) is -1.80. The van der Waals surface area contributed by atoms with Gasteiger partial charge in [-0.1, -0.05) is 12.1 Å². The number of aliphatic hydroxyl groups excluding tert-OH is 1. The molecule has 0 spiro atoms. The summed E-state index contributed by atoms with van der Waals surface area (Å²) in [4.78, 5) is 12.0. The summed E-state index contributed by atoms with van der Waals surface area (Å²) >= 11 is 0. The van der Waals surface area contributed by atoms with Gasteiger partial charge in [0.25, 0.3) is 0 Å². The molecule has 0 bridgehead atoms. The number of alkyl halides is 3. The molecule has 5 nitrogen and oxygen atoms in total. The smallest absolute Gasteiger partial charge is 0.422 e. The standard InChI is InChI=1S/C17H23F3N2O3/c1-11(21-16(24)22-13-4-6-14(23)7-5-13)12-2-8-15(9-3-12)25-10-17(18,19)20/h2-3,8-9,11,13-14,23H,4-7,10H2,1H3,(H2,21,22,24)/t11-,13?,14?/m1/s1. The third-order valence-electron chi connectivity index (χ3n) is 4.16. The van der Waals surface area contributed by atoms with E-state index in [1.165, 1.54) is 12.1 Å². The topological polar surface area (TPSA) is 70.6 Å². The van der Waals surface area contributed by atoms with Crippen molar-refractivity contribution in [1.82, 2.24) is 10.6 Å². The largest absolute Gasteiger partial charge is 0.484 e. The van der Waals surface area contributed by atoms with E-state index in [1.54, 1.807) is 19.1 Å². The molecule has 1 fully saturated rings. The van der Waals surface area contributed by atoms with Crippen molar-refractivity contribution in [2.45, 2.75) is 57.0 Å². The Balaban J connectivity index is 1.79. The maximum Gasteiger partial charge on any atom is 0.422 e. The van der Waals surface area contributed by atoms with Crippen LogP contribution in [0.25, 0.3) is 0 Å². The fourth-order valence-electron chi connectivity index (χ4n) is 2.75. The number of hydrogen-bond acceptors (Lipinski definition) is 3. The van der Waals surface area contributed by atoms with Gasteiger partial charge in [0.1, 0.15) is 5.75 Å². The fourth-order valence-corrected chi connectivity index (χ4v) is 2.75. The van der Waals surface area contributed by atoms with E-state index in [-0.39, 0.29) is 30.0 Å². The Labute approximate surface area is 144 Å². The Hall–Kier alpha value is -1.96. The van der Waals surface area contributed by atoms with Gasteiger partial charge in [0.15, 0.2) is 6.61 Å². The van der Waals surface area contributed by atoms with Gasteiger partial charge >= 0.3 is 12.2 Å². The maximum atomic E-state index is 12.1. The van der Waals surface area contributed by atoms with Gasteiger partial charge < -0.3 is 20.5 Å². The van der Waals surface area contributed by atoms with Crippen LogP contribution < -0.4 is 15.4 Å². The van der Waals surface area contributed by atoms with Gasteiger partial charge in [0.05, 0.1) is 12.1 Å². The molecule has 0 aliphatic heterocycles. The molecular formula is C17H23F3N2O3. The van der Waals surface area contributed by atoms with E-state index >= 15 is 0 Å². The molecule has 0 unspecified atom stereocenters. The monoisotopic (exact) mass is 360 g/mol. The van der Waals surface area contributed by atoms with Gasteiger partial charge in [-0.05, 0) is 50.3 Å². The first-order chi connectivity index (χ1) is 11.7.